The summed E-state index contributed by atoms with van der Waals surface area (Å²) in [5.74, 6) is 1.30. The Hall–Kier alpha value is -2.26. The van der Waals surface area contributed by atoms with E-state index in [9.17, 15) is 0 Å². The highest BCUT2D eigenvalue weighted by Crippen LogP contribution is 2.38. The SMILES string of the molecule is CNCCC(c1ccccc1)c1ccc2[nH]ccc2c1OC. The van der Waals surface area contributed by atoms with Gasteiger partial charge in [0.2, 0.25) is 0 Å². The van der Waals surface area contributed by atoms with Gasteiger partial charge in [0, 0.05) is 28.6 Å². The summed E-state index contributed by atoms with van der Waals surface area (Å²) in [5.41, 5.74) is 3.68. The van der Waals surface area contributed by atoms with E-state index >= 15 is 0 Å². The Kier molecular flexibility index (Phi) is 4.45. The van der Waals surface area contributed by atoms with Gasteiger partial charge in [0.1, 0.15) is 5.75 Å². The molecule has 0 spiro atoms. The minimum Gasteiger partial charge on any atom is -0.496 e. The predicted molar refractivity (Wildman–Crippen MR) is 91.7 cm³/mol. The summed E-state index contributed by atoms with van der Waals surface area (Å²) in [5, 5.41) is 4.40. The molecule has 114 valence electrons. The number of hydrogen-bond acceptors (Lipinski definition) is 2. The third-order valence-electron chi connectivity index (χ3n) is 4.18. The number of nitrogens with one attached hydrogen (secondary N) is 2. The molecule has 0 fully saturated rings. The maximum Gasteiger partial charge on any atom is 0.132 e. The first-order chi connectivity index (χ1) is 10.8. The molecule has 1 unspecified atom stereocenters. The average molecular weight is 294 g/mol. The second kappa shape index (κ2) is 6.67. The number of benzene rings is 2. The lowest BCUT2D eigenvalue weighted by Gasteiger charge is -2.21. The van der Waals surface area contributed by atoms with Gasteiger partial charge in [0.25, 0.3) is 0 Å². The molecule has 0 saturated heterocycles. The Morgan fingerprint density at radius 1 is 1.09 bits per heavy atom. The monoisotopic (exact) mass is 294 g/mol. The van der Waals surface area contributed by atoms with Crippen LogP contribution in [-0.4, -0.2) is 25.7 Å². The van der Waals surface area contributed by atoms with Crippen LogP contribution in [0.15, 0.2) is 54.7 Å². The molecule has 0 aliphatic carbocycles. The van der Waals surface area contributed by atoms with Crippen LogP contribution in [0.25, 0.3) is 10.9 Å². The Morgan fingerprint density at radius 3 is 2.64 bits per heavy atom. The molecule has 0 radical (unpaired) electrons. The molecule has 0 bridgehead atoms. The van der Waals surface area contributed by atoms with Crippen molar-refractivity contribution in [1.82, 2.24) is 10.3 Å². The molecule has 1 aromatic heterocycles. The molecular formula is C19H22N2O. The number of rotatable bonds is 6. The first-order valence-electron chi connectivity index (χ1n) is 7.68. The molecule has 2 aromatic carbocycles. The minimum absolute atomic E-state index is 0.322. The molecule has 3 heteroatoms. The van der Waals surface area contributed by atoms with Crippen molar-refractivity contribution >= 4 is 10.9 Å². The summed E-state index contributed by atoms with van der Waals surface area (Å²) in [6.07, 6.45) is 2.99. The smallest absolute Gasteiger partial charge is 0.132 e. The molecule has 3 aromatic rings. The second-order valence-electron chi connectivity index (χ2n) is 5.48. The van der Waals surface area contributed by atoms with Crippen molar-refractivity contribution in [2.24, 2.45) is 0 Å². The van der Waals surface area contributed by atoms with Crippen molar-refractivity contribution < 1.29 is 4.74 Å². The van der Waals surface area contributed by atoms with Crippen LogP contribution in [-0.2, 0) is 0 Å². The lowest BCUT2D eigenvalue weighted by Crippen LogP contribution is -2.13. The summed E-state index contributed by atoms with van der Waals surface area (Å²) in [6.45, 7) is 0.966. The molecule has 0 aliphatic rings. The molecule has 3 nitrogen and oxygen atoms in total. The summed E-state index contributed by atoms with van der Waals surface area (Å²) in [4.78, 5) is 3.25. The topological polar surface area (TPSA) is 37.0 Å². The molecule has 0 saturated carbocycles. The molecule has 0 aliphatic heterocycles. The minimum atomic E-state index is 0.322. The molecule has 1 heterocycles. The predicted octanol–water partition coefficient (Wildman–Crippen LogP) is 3.92. The van der Waals surface area contributed by atoms with Gasteiger partial charge in [-0.15, -0.1) is 0 Å². The zero-order valence-corrected chi connectivity index (χ0v) is 13.1. The first kappa shape index (κ1) is 14.7. The Balaban J connectivity index is 2.11. The summed E-state index contributed by atoms with van der Waals surface area (Å²) < 4.78 is 5.76. The molecule has 3 rings (SSSR count). The first-order valence-corrected chi connectivity index (χ1v) is 7.68. The number of methoxy groups -OCH3 is 1. The lowest BCUT2D eigenvalue weighted by atomic mass is 9.87. The van der Waals surface area contributed by atoms with Gasteiger partial charge < -0.3 is 15.0 Å². The maximum atomic E-state index is 5.76. The van der Waals surface area contributed by atoms with Crippen LogP contribution in [0, 0.1) is 0 Å². The van der Waals surface area contributed by atoms with E-state index in [1.807, 2.05) is 13.2 Å². The highest BCUT2D eigenvalue weighted by Gasteiger charge is 2.19. The van der Waals surface area contributed by atoms with Crippen molar-refractivity contribution in [1.29, 1.82) is 0 Å². The zero-order valence-electron chi connectivity index (χ0n) is 13.1. The van der Waals surface area contributed by atoms with Gasteiger partial charge in [-0.2, -0.15) is 0 Å². The van der Waals surface area contributed by atoms with Crippen molar-refractivity contribution in [2.45, 2.75) is 12.3 Å². The number of aromatic nitrogens is 1. The lowest BCUT2D eigenvalue weighted by molar-refractivity contribution is 0.411. The van der Waals surface area contributed by atoms with E-state index in [-0.39, 0.29) is 0 Å². The number of fused-ring (bicyclic) bond motifs is 1. The largest absolute Gasteiger partial charge is 0.496 e. The van der Waals surface area contributed by atoms with Crippen LogP contribution >= 0.6 is 0 Å². The van der Waals surface area contributed by atoms with Gasteiger partial charge >= 0.3 is 0 Å². The maximum absolute atomic E-state index is 5.76. The van der Waals surface area contributed by atoms with Gasteiger partial charge in [-0.25, -0.2) is 0 Å². The fourth-order valence-electron chi connectivity index (χ4n) is 3.10. The van der Waals surface area contributed by atoms with Crippen molar-refractivity contribution in [3.8, 4) is 5.75 Å². The fourth-order valence-corrected chi connectivity index (χ4v) is 3.10. The van der Waals surface area contributed by atoms with E-state index in [0.717, 1.165) is 29.6 Å². The van der Waals surface area contributed by atoms with Crippen LogP contribution < -0.4 is 10.1 Å². The standard InChI is InChI=1S/C19H22N2O/c1-20-12-10-15(14-6-4-3-5-7-14)16-8-9-18-17(11-13-21-18)19(16)22-2/h3-9,11,13,15,20-21H,10,12H2,1-2H3. The van der Waals surface area contributed by atoms with Gasteiger partial charge in [-0.05, 0) is 37.7 Å². The average Bonchev–Trinajstić information content (AvgIpc) is 3.04. The van der Waals surface area contributed by atoms with Crippen LogP contribution in [0.4, 0.5) is 0 Å². The summed E-state index contributed by atoms with van der Waals surface area (Å²) in [7, 11) is 3.75. The highest BCUT2D eigenvalue weighted by atomic mass is 16.5. The Morgan fingerprint density at radius 2 is 1.91 bits per heavy atom. The van der Waals surface area contributed by atoms with Gasteiger partial charge in [-0.3, -0.25) is 0 Å². The highest BCUT2D eigenvalue weighted by molar-refractivity contribution is 5.87. The van der Waals surface area contributed by atoms with E-state index < -0.39 is 0 Å². The number of aromatic amines is 1. The molecule has 0 amide bonds. The van der Waals surface area contributed by atoms with Crippen molar-refractivity contribution in [3.63, 3.8) is 0 Å². The molecular weight excluding hydrogens is 272 g/mol. The van der Waals surface area contributed by atoms with E-state index in [1.54, 1.807) is 7.11 Å². The number of ether oxygens (including phenoxy) is 1. The number of H-pyrrole nitrogens is 1. The van der Waals surface area contributed by atoms with E-state index in [4.69, 9.17) is 4.74 Å². The molecule has 1 atom stereocenters. The van der Waals surface area contributed by atoms with Crippen LogP contribution in [0.3, 0.4) is 0 Å². The number of hydrogen-bond donors (Lipinski definition) is 2. The summed E-state index contributed by atoms with van der Waals surface area (Å²) >= 11 is 0. The van der Waals surface area contributed by atoms with E-state index in [1.165, 1.54) is 11.1 Å². The van der Waals surface area contributed by atoms with E-state index in [2.05, 4.69) is 58.8 Å². The Labute approximate surface area is 131 Å². The van der Waals surface area contributed by atoms with Crippen LogP contribution in [0.2, 0.25) is 0 Å². The van der Waals surface area contributed by atoms with Crippen molar-refractivity contribution in [3.05, 3.63) is 65.9 Å². The zero-order chi connectivity index (χ0) is 15.4. The van der Waals surface area contributed by atoms with E-state index in [0.29, 0.717) is 5.92 Å². The van der Waals surface area contributed by atoms with Gasteiger partial charge in [0.15, 0.2) is 0 Å². The third kappa shape index (κ3) is 2.72. The quantitative estimate of drug-likeness (QED) is 0.723. The van der Waals surface area contributed by atoms with Crippen LogP contribution in [0.5, 0.6) is 5.75 Å². The normalized spacial score (nSPS) is 12.5. The molecule has 2 N–H and O–H groups in total. The van der Waals surface area contributed by atoms with Crippen LogP contribution in [0.1, 0.15) is 23.5 Å². The summed E-state index contributed by atoms with van der Waals surface area (Å²) in [6, 6.07) is 17.1. The second-order valence-corrected chi connectivity index (χ2v) is 5.48. The van der Waals surface area contributed by atoms with Gasteiger partial charge in [0.05, 0.1) is 7.11 Å². The Bertz CT molecular complexity index is 734. The van der Waals surface area contributed by atoms with Crippen molar-refractivity contribution in [2.75, 3.05) is 20.7 Å². The third-order valence-corrected chi connectivity index (χ3v) is 4.18. The molecule has 22 heavy (non-hydrogen) atoms. The fraction of sp³-hybridized carbons (Fsp3) is 0.263. The van der Waals surface area contributed by atoms with Gasteiger partial charge in [-0.1, -0.05) is 36.4 Å².